The summed E-state index contributed by atoms with van der Waals surface area (Å²) >= 11 is 0. The highest BCUT2D eigenvalue weighted by atomic mass is 31.2. The van der Waals surface area contributed by atoms with Crippen LogP contribution in [0.25, 0.3) is 0 Å². The molecule has 3 N–H and O–H groups in total. The second-order valence-electron chi connectivity index (χ2n) is 28.9. The van der Waals surface area contributed by atoms with Gasteiger partial charge in [-0.25, -0.2) is 9.13 Å². The smallest absolute Gasteiger partial charge is 0.462 e. The van der Waals surface area contributed by atoms with Crippen LogP contribution in [-0.2, 0) is 65.4 Å². The summed E-state index contributed by atoms with van der Waals surface area (Å²) in [5, 5.41) is 10.6. The van der Waals surface area contributed by atoms with Gasteiger partial charge in [0.05, 0.1) is 26.4 Å². The fraction of sp³-hybridized carbons (Fsp3) is 0.949. The van der Waals surface area contributed by atoms with Crippen LogP contribution in [0.15, 0.2) is 0 Å². The van der Waals surface area contributed by atoms with Gasteiger partial charge in [-0.05, 0) is 31.6 Å². The van der Waals surface area contributed by atoms with Crippen LogP contribution in [0, 0.1) is 5.92 Å². The molecule has 0 aliphatic heterocycles. The zero-order valence-corrected chi connectivity index (χ0v) is 65.7. The number of phosphoric acid groups is 2. The molecule has 0 aromatic carbocycles. The molecule has 0 spiro atoms. The average Bonchev–Trinajstić information content (AvgIpc) is 1.26. The van der Waals surface area contributed by atoms with Crippen LogP contribution in [0.3, 0.4) is 0 Å². The minimum atomic E-state index is -4.96. The maximum Gasteiger partial charge on any atom is 0.472 e. The summed E-state index contributed by atoms with van der Waals surface area (Å²) in [5.74, 6) is -1.36. The van der Waals surface area contributed by atoms with Gasteiger partial charge in [-0.15, -0.1) is 0 Å². The van der Waals surface area contributed by atoms with Crippen molar-refractivity contribution in [2.75, 3.05) is 39.6 Å². The highest BCUT2D eigenvalue weighted by Crippen LogP contribution is 2.45. The highest BCUT2D eigenvalue weighted by molar-refractivity contribution is 7.47. The first kappa shape index (κ1) is 96.1. The number of hydrogen-bond acceptors (Lipinski definition) is 15. The maximum atomic E-state index is 13.1. The number of phosphoric ester groups is 2. The molecule has 0 saturated carbocycles. The van der Waals surface area contributed by atoms with Crippen molar-refractivity contribution in [3.63, 3.8) is 0 Å². The molecule has 0 aliphatic carbocycles. The van der Waals surface area contributed by atoms with Crippen molar-refractivity contribution in [2.24, 2.45) is 5.92 Å². The van der Waals surface area contributed by atoms with Gasteiger partial charge in [0.1, 0.15) is 19.3 Å². The molecule has 0 saturated heterocycles. The average molecular weight is 1440 g/mol. The van der Waals surface area contributed by atoms with Gasteiger partial charge in [-0.2, -0.15) is 0 Å². The Morgan fingerprint density at radius 2 is 0.469 bits per heavy atom. The second-order valence-corrected chi connectivity index (χ2v) is 31.8. The van der Waals surface area contributed by atoms with Crippen LogP contribution < -0.4 is 0 Å². The van der Waals surface area contributed by atoms with Crippen LogP contribution in [0.4, 0.5) is 0 Å². The van der Waals surface area contributed by atoms with Crippen LogP contribution in [0.1, 0.15) is 420 Å². The quantitative estimate of drug-likeness (QED) is 0.0222. The van der Waals surface area contributed by atoms with Crippen molar-refractivity contribution in [3.05, 3.63) is 0 Å². The lowest BCUT2D eigenvalue weighted by molar-refractivity contribution is -0.161. The van der Waals surface area contributed by atoms with E-state index in [9.17, 15) is 43.2 Å². The zero-order valence-electron chi connectivity index (χ0n) is 63.9. The minimum absolute atomic E-state index is 0.107. The lowest BCUT2D eigenvalue weighted by Crippen LogP contribution is -2.30. The van der Waals surface area contributed by atoms with E-state index in [1.807, 2.05) is 0 Å². The maximum absolute atomic E-state index is 13.1. The SMILES string of the molecule is CCCCCCCCCCCCCCCCCCCCC(=O)O[C@H](COC(=O)CCCCCCCCCCCCCCCCCCC)COP(=O)(O)OC[C@@H](O)COP(=O)(O)OC[C@@H](COC(=O)CCCCCCCCCCCC)OC(=O)CCCCCCCCCCCCC(C)C. The summed E-state index contributed by atoms with van der Waals surface area (Å²) in [7, 11) is -9.91. The summed E-state index contributed by atoms with van der Waals surface area (Å²) in [4.78, 5) is 72.9. The monoisotopic (exact) mass is 1440 g/mol. The van der Waals surface area contributed by atoms with Gasteiger partial charge in [-0.1, -0.05) is 369 Å². The van der Waals surface area contributed by atoms with E-state index in [-0.39, 0.29) is 25.7 Å². The summed E-state index contributed by atoms with van der Waals surface area (Å²) in [6, 6.07) is 0. The lowest BCUT2D eigenvalue weighted by atomic mass is 10.0. The number of ether oxygens (including phenoxy) is 4. The zero-order chi connectivity index (χ0) is 71.9. The topological polar surface area (TPSA) is 237 Å². The van der Waals surface area contributed by atoms with Crippen molar-refractivity contribution in [1.29, 1.82) is 0 Å². The number of esters is 4. The molecule has 19 heteroatoms. The Kier molecular flexibility index (Phi) is 70.6. The molecule has 98 heavy (non-hydrogen) atoms. The fourth-order valence-electron chi connectivity index (χ4n) is 12.2. The first-order valence-electron chi connectivity index (χ1n) is 41.1. The molecule has 0 fully saturated rings. The Hall–Kier alpha value is -1.94. The van der Waals surface area contributed by atoms with E-state index in [1.165, 1.54) is 244 Å². The Morgan fingerprint density at radius 1 is 0.276 bits per heavy atom. The van der Waals surface area contributed by atoms with Crippen molar-refractivity contribution in [2.45, 2.75) is 438 Å². The number of aliphatic hydroxyl groups excluding tert-OH is 1. The highest BCUT2D eigenvalue weighted by Gasteiger charge is 2.30. The van der Waals surface area contributed by atoms with E-state index in [0.29, 0.717) is 25.7 Å². The van der Waals surface area contributed by atoms with Crippen LogP contribution >= 0.6 is 15.6 Å². The molecular weight excluding hydrogens is 1280 g/mol. The molecule has 0 aliphatic rings. The first-order valence-corrected chi connectivity index (χ1v) is 44.1. The third-order valence-electron chi connectivity index (χ3n) is 18.5. The normalized spacial score (nSPS) is 13.9. The number of rotatable bonds is 79. The number of carbonyl (C=O) groups is 4. The molecule has 0 heterocycles. The molecule has 0 rings (SSSR count). The molecule has 0 radical (unpaired) electrons. The number of hydrogen-bond donors (Lipinski definition) is 3. The number of carbonyl (C=O) groups excluding carboxylic acids is 4. The number of unbranched alkanes of at least 4 members (excludes halogenated alkanes) is 51. The molecule has 0 aromatic rings. The molecule has 0 aromatic heterocycles. The number of aliphatic hydroxyl groups is 1. The van der Waals surface area contributed by atoms with E-state index in [1.54, 1.807) is 0 Å². The predicted octanol–water partition coefficient (Wildman–Crippen LogP) is 23.6. The van der Waals surface area contributed by atoms with Crippen molar-refractivity contribution >= 4 is 39.5 Å². The third kappa shape index (κ3) is 72.4. The Balaban J connectivity index is 5.23. The third-order valence-corrected chi connectivity index (χ3v) is 20.4. The molecule has 5 atom stereocenters. The molecule has 0 bridgehead atoms. The van der Waals surface area contributed by atoms with Gasteiger partial charge >= 0.3 is 39.5 Å². The largest absolute Gasteiger partial charge is 0.472 e. The van der Waals surface area contributed by atoms with Crippen LogP contribution in [-0.4, -0.2) is 96.7 Å². The van der Waals surface area contributed by atoms with Crippen LogP contribution in [0.2, 0.25) is 0 Å². The molecule has 0 amide bonds. The van der Waals surface area contributed by atoms with E-state index in [2.05, 4.69) is 34.6 Å². The molecule has 2 unspecified atom stereocenters. The van der Waals surface area contributed by atoms with E-state index < -0.39 is 97.5 Å². The minimum Gasteiger partial charge on any atom is -0.462 e. The van der Waals surface area contributed by atoms with Gasteiger partial charge < -0.3 is 33.8 Å². The van der Waals surface area contributed by atoms with Crippen molar-refractivity contribution in [3.8, 4) is 0 Å². The fourth-order valence-corrected chi connectivity index (χ4v) is 13.8. The standard InChI is InChI=1S/C79H154O17P2/c1-6-9-12-15-18-21-24-26-28-30-32-34-36-38-44-49-54-59-64-78(83)95-75(69-90-77(82)63-58-53-48-43-37-35-33-31-29-27-25-22-19-16-13-10-7-2)71-94-98(87,88)92-67-73(80)66-91-97(85,86)93-70-74(68-89-76(81)62-57-52-47-42-23-20-17-14-11-8-3)96-79(84)65-60-55-50-45-40-39-41-46-51-56-61-72(4)5/h72-75,80H,6-71H2,1-5H3,(H,85,86)(H,87,88)/t73-,74+,75+/m0/s1. The van der Waals surface area contributed by atoms with E-state index >= 15 is 0 Å². The lowest BCUT2D eigenvalue weighted by Gasteiger charge is -2.21. The summed E-state index contributed by atoms with van der Waals surface area (Å²) < 4.78 is 68.6. The van der Waals surface area contributed by atoms with E-state index in [4.69, 9.17) is 37.0 Å². The van der Waals surface area contributed by atoms with E-state index in [0.717, 1.165) is 95.8 Å². The van der Waals surface area contributed by atoms with Crippen LogP contribution in [0.5, 0.6) is 0 Å². The molecular formula is C79H154O17P2. The Labute approximate surface area is 600 Å². The van der Waals surface area contributed by atoms with Gasteiger partial charge in [0, 0.05) is 25.7 Å². The van der Waals surface area contributed by atoms with Gasteiger partial charge in [0.15, 0.2) is 12.2 Å². The summed E-state index contributed by atoms with van der Waals surface area (Å²) in [5.41, 5.74) is 0. The Bertz CT molecular complexity index is 1870. The van der Waals surface area contributed by atoms with Crippen molar-refractivity contribution in [1.82, 2.24) is 0 Å². The first-order chi connectivity index (χ1) is 47.5. The second kappa shape index (κ2) is 72.0. The Morgan fingerprint density at radius 3 is 0.694 bits per heavy atom. The molecule has 582 valence electrons. The molecule has 17 nitrogen and oxygen atoms in total. The van der Waals surface area contributed by atoms with Gasteiger partial charge in [0.2, 0.25) is 0 Å². The van der Waals surface area contributed by atoms with Crippen molar-refractivity contribution < 1.29 is 80.2 Å². The van der Waals surface area contributed by atoms with Gasteiger partial charge in [-0.3, -0.25) is 37.3 Å². The van der Waals surface area contributed by atoms with Gasteiger partial charge in [0.25, 0.3) is 0 Å². The summed E-state index contributed by atoms with van der Waals surface area (Å²) in [6.45, 7) is 7.30. The summed E-state index contributed by atoms with van der Waals surface area (Å²) in [6.07, 6.45) is 62.4. The predicted molar refractivity (Wildman–Crippen MR) is 400 cm³/mol.